The van der Waals surface area contributed by atoms with Gasteiger partial charge in [-0.2, -0.15) is 0 Å². The maximum Gasteiger partial charge on any atom is 0.254 e. The van der Waals surface area contributed by atoms with Gasteiger partial charge < -0.3 is 9.64 Å². The summed E-state index contributed by atoms with van der Waals surface area (Å²) in [4.78, 5) is 17.3. The summed E-state index contributed by atoms with van der Waals surface area (Å²) in [7, 11) is -2.01. The Morgan fingerprint density at radius 3 is 2.31 bits per heavy atom. The van der Waals surface area contributed by atoms with Crippen LogP contribution in [0.25, 0.3) is 0 Å². The number of ether oxygens (including phenoxy) is 1. The fraction of sp³-hybridized carbons (Fsp3) is 0.435. The predicted molar refractivity (Wildman–Crippen MR) is 121 cm³/mol. The van der Waals surface area contributed by atoms with E-state index < -0.39 is 10.0 Å². The molecule has 0 radical (unpaired) electrons. The molecule has 1 N–H and O–H groups in total. The number of amides is 1. The molecule has 9 heteroatoms. The Labute approximate surface area is 188 Å². The average Bonchev–Trinajstić information content (AvgIpc) is 3.61. The van der Waals surface area contributed by atoms with Gasteiger partial charge in [0.15, 0.2) is 0 Å². The van der Waals surface area contributed by atoms with E-state index in [1.165, 1.54) is 19.2 Å². The van der Waals surface area contributed by atoms with E-state index in [-0.39, 0.29) is 23.0 Å². The minimum Gasteiger partial charge on any atom is -0.495 e. The molecule has 4 rings (SSSR count). The fourth-order valence-corrected chi connectivity index (χ4v) is 4.98. The van der Waals surface area contributed by atoms with Crippen LogP contribution in [-0.4, -0.2) is 63.2 Å². The first-order chi connectivity index (χ1) is 15.3. The van der Waals surface area contributed by atoms with Crippen LogP contribution >= 0.6 is 0 Å². The first kappa shape index (κ1) is 22.5. The van der Waals surface area contributed by atoms with Gasteiger partial charge >= 0.3 is 0 Å². The number of carbonyl (C=O) groups is 1. The van der Waals surface area contributed by atoms with Gasteiger partial charge in [0.1, 0.15) is 11.6 Å². The lowest BCUT2D eigenvalue weighted by molar-refractivity contribution is 0.0531. The monoisotopic (exact) mass is 461 g/mol. The minimum atomic E-state index is -3.45. The number of piperazine rings is 1. The van der Waals surface area contributed by atoms with E-state index in [1.54, 1.807) is 25.1 Å². The number of benzene rings is 2. The van der Waals surface area contributed by atoms with E-state index in [9.17, 15) is 17.6 Å². The van der Waals surface area contributed by atoms with Crippen molar-refractivity contribution in [2.45, 2.75) is 25.3 Å². The number of hydrogen-bond acceptors (Lipinski definition) is 5. The van der Waals surface area contributed by atoms with Gasteiger partial charge in [0, 0.05) is 37.3 Å². The highest BCUT2D eigenvalue weighted by atomic mass is 32.2. The summed E-state index contributed by atoms with van der Waals surface area (Å²) in [6.45, 7) is 4.22. The SMILES string of the molecule is CCS(=O)(=O)Nc1ccc(C(=O)N2CCN(C3(c4ccc(F)cc4)CC3)CC2)cc1OC. The Kier molecular flexibility index (Phi) is 6.13. The summed E-state index contributed by atoms with van der Waals surface area (Å²) in [5, 5.41) is 0. The molecule has 0 atom stereocenters. The Bertz CT molecular complexity index is 1090. The van der Waals surface area contributed by atoms with E-state index in [0.29, 0.717) is 30.1 Å². The molecule has 7 nitrogen and oxygen atoms in total. The van der Waals surface area contributed by atoms with Crippen molar-refractivity contribution in [3.05, 3.63) is 59.4 Å². The molecule has 2 aromatic carbocycles. The molecule has 0 bridgehead atoms. The second kappa shape index (κ2) is 8.71. The summed E-state index contributed by atoms with van der Waals surface area (Å²) >= 11 is 0. The van der Waals surface area contributed by atoms with E-state index >= 15 is 0 Å². The zero-order valence-electron chi connectivity index (χ0n) is 18.3. The number of rotatable bonds is 7. The standard InChI is InChI=1S/C23H28FN3O4S/c1-3-32(29,30)25-20-9-4-17(16-21(20)31-2)22(28)26-12-14-27(15-13-26)23(10-11-23)18-5-7-19(24)8-6-18/h4-9,16,25H,3,10-15H2,1-2H3. The summed E-state index contributed by atoms with van der Waals surface area (Å²) in [6.07, 6.45) is 2.08. The normalized spacial score (nSPS) is 18.3. The lowest BCUT2D eigenvalue weighted by Gasteiger charge is -2.40. The maximum absolute atomic E-state index is 13.3. The van der Waals surface area contributed by atoms with Crippen molar-refractivity contribution >= 4 is 21.6 Å². The molecule has 1 heterocycles. The number of sulfonamides is 1. The highest BCUT2D eigenvalue weighted by molar-refractivity contribution is 7.92. The van der Waals surface area contributed by atoms with Crippen LogP contribution in [-0.2, 0) is 15.6 Å². The first-order valence-corrected chi connectivity index (χ1v) is 12.4. The first-order valence-electron chi connectivity index (χ1n) is 10.8. The van der Waals surface area contributed by atoms with E-state index in [2.05, 4.69) is 9.62 Å². The van der Waals surface area contributed by atoms with Crippen molar-refractivity contribution in [2.24, 2.45) is 0 Å². The van der Waals surface area contributed by atoms with Gasteiger partial charge in [0.05, 0.1) is 18.6 Å². The van der Waals surface area contributed by atoms with E-state index in [4.69, 9.17) is 4.74 Å². The third kappa shape index (κ3) is 4.45. The second-order valence-electron chi connectivity index (χ2n) is 8.24. The third-order valence-electron chi connectivity index (χ3n) is 6.37. The molecule has 0 unspecified atom stereocenters. The molecular formula is C23H28FN3O4S. The number of methoxy groups -OCH3 is 1. The van der Waals surface area contributed by atoms with Gasteiger partial charge in [-0.25, -0.2) is 12.8 Å². The number of nitrogens with zero attached hydrogens (tertiary/aromatic N) is 2. The zero-order chi connectivity index (χ0) is 22.9. The predicted octanol–water partition coefficient (Wildman–Crippen LogP) is 3.04. The Balaban J connectivity index is 1.43. The molecule has 1 aliphatic carbocycles. The molecule has 172 valence electrons. The van der Waals surface area contributed by atoms with Crippen LogP contribution in [0.4, 0.5) is 10.1 Å². The largest absolute Gasteiger partial charge is 0.495 e. The summed E-state index contributed by atoms with van der Waals surface area (Å²) in [5.41, 5.74) is 1.86. The Morgan fingerprint density at radius 2 is 1.75 bits per heavy atom. The van der Waals surface area contributed by atoms with E-state index in [0.717, 1.165) is 31.5 Å². The maximum atomic E-state index is 13.3. The van der Waals surface area contributed by atoms with Crippen LogP contribution in [0.2, 0.25) is 0 Å². The van der Waals surface area contributed by atoms with Crippen molar-refractivity contribution in [2.75, 3.05) is 43.8 Å². The van der Waals surface area contributed by atoms with Crippen molar-refractivity contribution in [3.8, 4) is 5.75 Å². The summed E-state index contributed by atoms with van der Waals surface area (Å²) in [5.74, 6) is -0.0938. The Hall–Kier alpha value is -2.65. The van der Waals surface area contributed by atoms with Gasteiger partial charge in [0.2, 0.25) is 10.0 Å². The van der Waals surface area contributed by atoms with Crippen molar-refractivity contribution in [3.63, 3.8) is 0 Å². The van der Waals surface area contributed by atoms with Crippen LogP contribution in [0.5, 0.6) is 5.75 Å². The fourth-order valence-electron chi connectivity index (χ4n) is 4.33. The van der Waals surface area contributed by atoms with Gasteiger partial charge in [-0.05, 0) is 55.7 Å². The van der Waals surface area contributed by atoms with Crippen LogP contribution in [0.15, 0.2) is 42.5 Å². The number of carbonyl (C=O) groups excluding carboxylic acids is 1. The lowest BCUT2D eigenvalue weighted by atomic mass is 10.0. The van der Waals surface area contributed by atoms with Gasteiger partial charge in [-0.15, -0.1) is 0 Å². The summed E-state index contributed by atoms with van der Waals surface area (Å²) < 4.78 is 44.8. The highest BCUT2D eigenvalue weighted by Crippen LogP contribution is 2.51. The number of anilines is 1. The molecule has 1 saturated heterocycles. The van der Waals surface area contributed by atoms with Crippen molar-refractivity contribution in [1.82, 2.24) is 9.80 Å². The molecule has 2 aliphatic rings. The van der Waals surface area contributed by atoms with Gasteiger partial charge in [0.25, 0.3) is 5.91 Å². The summed E-state index contributed by atoms with van der Waals surface area (Å²) in [6, 6.07) is 11.5. The lowest BCUT2D eigenvalue weighted by Crippen LogP contribution is -2.52. The molecule has 2 fully saturated rings. The molecule has 0 aromatic heterocycles. The zero-order valence-corrected chi connectivity index (χ0v) is 19.1. The second-order valence-corrected chi connectivity index (χ2v) is 10.2. The molecule has 1 aliphatic heterocycles. The van der Waals surface area contributed by atoms with Crippen molar-refractivity contribution < 1.29 is 22.3 Å². The smallest absolute Gasteiger partial charge is 0.254 e. The molecule has 1 amide bonds. The average molecular weight is 462 g/mol. The topological polar surface area (TPSA) is 79.0 Å². The third-order valence-corrected chi connectivity index (χ3v) is 7.66. The van der Waals surface area contributed by atoms with Crippen LogP contribution in [0.1, 0.15) is 35.7 Å². The number of nitrogens with one attached hydrogen (secondary N) is 1. The number of halogens is 1. The minimum absolute atomic E-state index is 0.0376. The van der Waals surface area contributed by atoms with Crippen molar-refractivity contribution in [1.29, 1.82) is 0 Å². The molecular weight excluding hydrogens is 433 g/mol. The van der Waals surface area contributed by atoms with Crippen LogP contribution in [0, 0.1) is 5.82 Å². The highest BCUT2D eigenvalue weighted by Gasteiger charge is 2.50. The quantitative estimate of drug-likeness (QED) is 0.686. The van der Waals surface area contributed by atoms with E-state index in [1.807, 2.05) is 17.0 Å². The number of hydrogen-bond donors (Lipinski definition) is 1. The van der Waals surface area contributed by atoms with Gasteiger partial charge in [-0.3, -0.25) is 14.4 Å². The van der Waals surface area contributed by atoms with Crippen LogP contribution in [0.3, 0.4) is 0 Å². The van der Waals surface area contributed by atoms with Gasteiger partial charge in [-0.1, -0.05) is 12.1 Å². The molecule has 2 aromatic rings. The molecule has 1 saturated carbocycles. The van der Waals surface area contributed by atoms with Crippen LogP contribution < -0.4 is 9.46 Å². The Morgan fingerprint density at radius 1 is 1.09 bits per heavy atom. The molecule has 32 heavy (non-hydrogen) atoms. The molecule has 0 spiro atoms.